The number of hydrogen-bond acceptors (Lipinski definition) is 3. The largest absolute Gasteiger partial charge is 0.478 e. The zero-order valence-electron chi connectivity index (χ0n) is 10.6. The third-order valence-corrected chi connectivity index (χ3v) is 2.77. The number of hydrogen-bond donors (Lipinski definition) is 2. The van der Waals surface area contributed by atoms with Crippen molar-refractivity contribution in [3.05, 3.63) is 71.3 Å². The van der Waals surface area contributed by atoms with Crippen LogP contribution in [0.5, 0.6) is 0 Å². The fraction of sp³-hybridized carbons (Fsp3) is 0. The first-order chi connectivity index (χ1) is 9.58. The van der Waals surface area contributed by atoms with Gasteiger partial charge in [0.25, 0.3) is 0 Å². The molecule has 0 bridgehead atoms. The normalized spacial score (nSPS) is 10.6. The van der Waals surface area contributed by atoms with E-state index >= 15 is 0 Å². The summed E-state index contributed by atoms with van der Waals surface area (Å²) in [6.45, 7) is 0. The number of benzene rings is 2. The SMILES string of the molecule is Nc1ccc(C(=O)O)c(C(=O)C=Cc2ccccc2)c1. The minimum absolute atomic E-state index is 0.0538. The molecular weight excluding hydrogens is 254 g/mol. The van der Waals surface area contributed by atoms with Crippen molar-refractivity contribution in [2.24, 2.45) is 0 Å². The molecule has 0 atom stereocenters. The molecule has 4 heteroatoms. The molecule has 2 rings (SSSR count). The fourth-order valence-corrected chi connectivity index (χ4v) is 1.78. The lowest BCUT2D eigenvalue weighted by molar-refractivity contribution is 0.0693. The number of nitrogens with two attached hydrogens (primary N) is 1. The minimum atomic E-state index is -1.15. The van der Waals surface area contributed by atoms with Crippen LogP contribution in [-0.2, 0) is 0 Å². The Labute approximate surface area is 116 Å². The monoisotopic (exact) mass is 267 g/mol. The van der Waals surface area contributed by atoms with Gasteiger partial charge in [-0.05, 0) is 29.8 Å². The van der Waals surface area contributed by atoms with Gasteiger partial charge in [-0.25, -0.2) is 4.79 Å². The van der Waals surface area contributed by atoms with E-state index in [-0.39, 0.29) is 11.1 Å². The van der Waals surface area contributed by atoms with E-state index in [0.29, 0.717) is 5.69 Å². The van der Waals surface area contributed by atoms with Crippen LogP contribution in [0.3, 0.4) is 0 Å². The number of carbonyl (C=O) groups excluding carboxylic acids is 1. The number of nitrogen functional groups attached to an aromatic ring is 1. The van der Waals surface area contributed by atoms with Crippen molar-refractivity contribution >= 4 is 23.5 Å². The van der Waals surface area contributed by atoms with E-state index < -0.39 is 11.8 Å². The summed E-state index contributed by atoms with van der Waals surface area (Å²) in [6, 6.07) is 13.5. The van der Waals surface area contributed by atoms with Crippen LogP contribution < -0.4 is 5.73 Å². The number of rotatable bonds is 4. The molecule has 100 valence electrons. The molecule has 2 aromatic rings. The van der Waals surface area contributed by atoms with Gasteiger partial charge >= 0.3 is 5.97 Å². The molecule has 2 aromatic carbocycles. The van der Waals surface area contributed by atoms with Crippen LogP contribution in [0.2, 0.25) is 0 Å². The summed E-state index contributed by atoms with van der Waals surface area (Å²) in [5.74, 6) is -1.54. The van der Waals surface area contributed by atoms with Crippen LogP contribution in [0.15, 0.2) is 54.6 Å². The molecular formula is C16H13NO3. The smallest absolute Gasteiger partial charge is 0.336 e. The molecule has 0 saturated heterocycles. The predicted octanol–water partition coefficient (Wildman–Crippen LogP) is 2.86. The van der Waals surface area contributed by atoms with Crippen molar-refractivity contribution < 1.29 is 14.7 Å². The molecule has 3 N–H and O–H groups in total. The van der Waals surface area contributed by atoms with Gasteiger partial charge in [0.15, 0.2) is 5.78 Å². The molecule has 4 nitrogen and oxygen atoms in total. The van der Waals surface area contributed by atoms with Crippen molar-refractivity contribution in [2.75, 3.05) is 5.73 Å². The predicted molar refractivity (Wildman–Crippen MR) is 77.6 cm³/mol. The van der Waals surface area contributed by atoms with Crippen molar-refractivity contribution in [3.63, 3.8) is 0 Å². The lowest BCUT2D eigenvalue weighted by Gasteiger charge is -2.03. The number of ketones is 1. The Morgan fingerprint density at radius 2 is 1.70 bits per heavy atom. The molecule has 0 aliphatic carbocycles. The fourth-order valence-electron chi connectivity index (χ4n) is 1.78. The Bertz CT molecular complexity index is 675. The first-order valence-corrected chi connectivity index (χ1v) is 5.98. The van der Waals surface area contributed by atoms with E-state index in [4.69, 9.17) is 10.8 Å². The van der Waals surface area contributed by atoms with Gasteiger partial charge in [0.1, 0.15) is 0 Å². The topological polar surface area (TPSA) is 80.4 Å². The summed E-state index contributed by atoms with van der Waals surface area (Å²) in [5.41, 5.74) is 6.85. The molecule has 0 radical (unpaired) electrons. The summed E-state index contributed by atoms with van der Waals surface area (Å²) < 4.78 is 0. The number of anilines is 1. The Hall–Kier alpha value is -2.88. The number of carboxylic acid groups (broad SMARTS) is 1. The Balaban J connectivity index is 2.32. The molecule has 0 aliphatic rings. The zero-order chi connectivity index (χ0) is 14.5. The Kier molecular flexibility index (Phi) is 3.96. The molecule has 0 amide bonds. The number of carbonyl (C=O) groups is 2. The van der Waals surface area contributed by atoms with Gasteiger partial charge in [-0.1, -0.05) is 36.4 Å². The molecule has 0 unspecified atom stereocenters. The van der Waals surface area contributed by atoms with Gasteiger partial charge in [0, 0.05) is 11.3 Å². The summed E-state index contributed by atoms with van der Waals surface area (Å²) in [7, 11) is 0. The van der Waals surface area contributed by atoms with E-state index in [9.17, 15) is 9.59 Å². The van der Waals surface area contributed by atoms with Gasteiger partial charge < -0.3 is 10.8 Å². The van der Waals surface area contributed by atoms with Gasteiger partial charge in [0.2, 0.25) is 0 Å². The second kappa shape index (κ2) is 5.84. The molecule has 0 aromatic heterocycles. The molecule has 0 aliphatic heterocycles. The maximum absolute atomic E-state index is 12.1. The van der Waals surface area contributed by atoms with E-state index in [1.165, 1.54) is 24.3 Å². The van der Waals surface area contributed by atoms with E-state index in [2.05, 4.69) is 0 Å². The maximum Gasteiger partial charge on any atom is 0.336 e. The summed E-state index contributed by atoms with van der Waals surface area (Å²) in [4.78, 5) is 23.2. The van der Waals surface area contributed by atoms with Crippen molar-refractivity contribution in [2.45, 2.75) is 0 Å². The summed E-state index contributed by atoms with van der Waals surface area (Å²) in [5, 5.41) is 9.07. The van der Waals surface area contributed by atoms with Crippen molar-refractivity contribution in [3.8, 4) is 0 Å². The van der Waals surface area contributed by atoms with Gasteiger partial charge in [-0.15, -0.1) is 0 Å². The van der Waals surface area contributed by atoms with Crippen LogP contribution in [0.4, 0.5) is 5.69 Å². The molecule has 0 saturated carbocycles. The highest BCUT2D eigenvalue weighted by molar-refractivity contribution is 6.13. The summed E-state index contributed by atoms with van der Waals surface area (Å²) >= 11 is 0. The highest BCUT2D eigenvalue weighted by Crippen LogP contribution is 2.15. The molecule has 0 fully saturated rings. The van der Waals surface area contributed by atoms with Crippen molar-refractivity contribution in [1.82, 2.24) is 0 Å². The lowest BCUT2D eigenvalue weighted by Crippen LogP contribution is -2.07. The number of aromatic carboxylic acids is 1. The first-order valence-electron chi connectivity index (χ1n) is 5.98. The van der Waals surface area contributed by atoms with Crippen LogP contribution in [0.1, 0.15) is 26.3 Å². The Morgan fingerprint density at radius 3 is 2.35 bits per heavy atom. The minimum Gasteiger partial charge on any atom is -0.478 e. The highest BCUT2D eigenvalue weighted by atomic mass is 16.4. The van der Waals surface area contributed by atoms with Crippen LogP contribution in [0, 0.1) is 0 Å². The first kappa shape index (κ1) is 13.5. The number of allylic oxidation sites excluding steroid dienone is 1. The van der Waals surface area contributed by atoms with Crippen LogP contribution in [0.25, 0.3) is 6.08 Å². The van der Waals surface area contributed by atoms with Gasteiger partial charge in [0.05, 0.1) is 5.56 Å². The lowest BCUT2D eigenvalue weighted by atomic mass is 10.0. The molecule has 20 heavy (non-hydrogen) atoms. The molecule has 0 heterocycles. The second-order valence-electron chi connectivity index (χ2n) is 4.22. The number of carboxylic acids is 1. The maximum atomic E-state index is 12.1. The highest BCUT2D eigenvalue weighted by Gasteiger charge is 2.14. The Morgan fingerprint density at radius 1 is 1.00 bits per heavy atom. The summed E-state index contributed by atoms with van der Waals surface area (Å²) in [6.07, 6.45) is 2.98. The van der Waals surface area contributed by atoms with E-state index in [1.54, 1.807) is 6.08 Å². The average molecular weight is 267 g/mol. The zero-order valence-corrected chi connectivity index (χ0v) is 10.6. The van der Waals surface area contributed by atoms with Crippen LogP contribution >= 0.6 is 0 Å². The molecule has 0 spiro atoms. The average Bonchev–Trinajstić information content (AvgIpc) is 2.45. The van der Waals surface area contributed by atoms with E-state index in [0.717, 1.165) is 5.56 Å². The van der Waals surface area contributed by atoms with Gasteiger partial charge in [-0.3, -0.25) is 4.79 Å². The van der Waals surface area contributed by atoms with Crippen LogP contribution in [-0.4, -0.2) is 16.9 Å². The standard InChI is InChI=1S/C16H13NO3/c17-12-7-8-13(16(19)20)14(10-12)15(18)9-6-11-4-2-1-3-5-11/h1-10H,17H2,(H,19,20). The third-order valence-electron chi connectivity index (χ3n) is 2.77. The quantitative estimate of drug-likeness (QED) is 0.507. The van der Waals surface area contributed by atoms with E-state index in [1.807, 2.05) is 30.3 Å². The van der Waals surface area contributed by atoms with Gasteiger partial charge in [-0.2, -0.15) is 0 Å². The second-order valence-corrected chi connectivity index (χ2v) is 4.22. The third kappa shape index (κ3) is 3.11. The van der Waals surface area contributed by atoms with Crippen molar-refractivity contribution in [1.29, 1.82) is 0 Å².